The minimum Gasteiger partial charge on any atom is -0.385 e. The molecule has 0 atom stereocenters. The minimum atomic E-state index is -0.714. The lowest BCUT2D eigenvalue weighted by Crippen LogP contribution is -2.42. The SMILES string of the molecule is OC1(c2ccc(Cl)cc2)CCN(Cc2cncs2)CC1. The van der Waals surface area contributed by atoms with Crippen LogP contribution in [0.3, 0.4) is 0 Å². The molecular weight excluding hydrogens is 292 g/mol. The van der Waals surface area contributed by atoms with E-state index in [0.29, 0.717) is 5.02 Å². The summed E-state index contributed by atoms with van der Waals surface area (Å²) in [6, 6.07) is 7.56. The second kappa shape index (κ2) is 5.82. The quantitative estimate of drug-likeness (QED) is 0.945. The van der Waals surface area contributed by atoms with Gasteiger partial charge in [-0.1, -0.05) is 23.7 Å². The molecule has 0 unspecified atom stereocenters. The molecule has 2 heterocycles. The molecule has 3 rings (SSSR count). The van der Waals surface area contributed by atoms with Crippen molar-refractivity contribution in [3.8, 4) is 0 Å². The molecular formula is C15H17ClN2OS. The molecule has 1 aliphatic rings. The maximum atomic E-state index is 10.8. The lowest BCUT2D eigenvalue weighted by molar-refractivity contribution is -0.0275. The predicted octanol–water partition coefficient (Wildman–Crippen LogP) is 3.28. The molecule has 1 fully saturated rings. The van der Waals surface area contributed by atoms with Gasteiger partial charge in [0.15, 0.2) is 0 Å². The number of rotatable bonds is 3. The molecule has 5 heteroatoms. The van der Waals surface area contributed by atoms with Crippen LogP contribution < -0.4 is 0 Å². The number of hydrogen-bond donors (Lipinski definition) is 1. The Morgan fingerprint density at radius 1 is 1.25 bits per heavy atom. The average Bonchev–Trinajstić information content (AvgIpc) is 2.95. The molecule has 0 radical (unpaired) electrons. The fourth-order valence-electron chi connectivity index (χ4n) is 2.67. The number of benzene rings is 1. The molecule has 106 valence electrons. The van der Waals surface area contributed by atoms with Crippen molar-refractivity contribution < 1.29 is 5.11 Å². The van der Waals surface area contributed by atoms with E-state index >= 15 is 0 Å². The van der Waals surface area contributed by atoms with Crippen LogP contribution in [0.2, 0.25) is 5.02 Å². The van der Waals surface area contributed by atoms with Crippen LogP contribution in [-0.2, 0) is 12.1 Å². The van der Waals surface area contributed by atoms with E-state index in [1.165, 1.54) is 4.88 Å². The zero-order valence-electron chi connectivity index (χ0n) is 11.1. The smallest absolute Gasteiger partial charge is 0.0920 e. The van der Waals surface area contributed by atoms with Gasteiger partial charge in [-0.05, 0) is 30.5 Å². The van der Waals surface area contributed by atoms with Gasteiger partial charge in [0, 0.05) is 35.7 Å². The number of halogens is 1. The standard InChI is InChI=1S/C15H17ClN2OS/c16-13-3-1-12(2-4-13)15(19)5-7-18(8-6-15)10-14-9-17-11-20-14/h1-4,9,11,19H,5-8,10H2. The molecule has 2 aromatic rings. The van der Waals surface area contributed by atoms with E-state index in [1.54, 1.807) is 11.3 Å². The van der Waals surface area contributed by atoms with E-state index in [9.17, 15) is 5.11 Å². The second-order valence-electron chi connectivity index (χ2n) is 5.28. The molecule has 1 aromatic carbocycles. The topological polar surface area (TPSA) is 36.4 Å². The first-order chi connectivity index (χ1) is 9.66. The normalized spacial score (nSPS) is 19.1. The van der Waals surface area contributed by atoms with E-state index in [1.807, 2.05) is 36.0 Å². The van der Waals surface area contributed by atoms with Gasteiger partial charge in [-0.25, -0.2) is 0 Å². The highest BCUT2D eigenvalue weighted by molar-refractivity contribution is 7.09. The molecule has 1 N–H and O–H groups in total. The van der Waals surface area contributed by atoms with Gasteiger partial charge in [0.2, 0.25) is 0 Å². The summed E-state index contributed by atoms with van der Waals surface area (Å²) in [6.45, 7) is 2.73. The Balaban J connectivity index is 1.63. The van der Waals surface area contributed by atoms with Gasteiger partial charge in [-0.15, -0.1) is 11.3 Å². The van der Waals surface area contributed by atoms with Gasteiger partial charge in [0.05, 0.1) is 11.1 Å². The third-order valence-electron chi connectivity index (χ3n) is 3.93. The molecule has 0 spiro atoms. The van der Waals surface area contributed by atoms with Crippen LogP contribution >= 0.6 is 22.9 Å². The Morgan fingerprint density at radius 2 is 1.95 bits per heavy atom. The fourth-order valence-corrected chi connectivity index (χ4v) is 3.43. The molecule has 3 nitrogen and oxygen atoms in total. The van der Waals surface area contributed by atoms with E-state index in [2.05, 4.69) is 9.88 Å². The lowest BCUT2D eigenvalue weighted by atomic mass is 9.84. The van der Waals surface area contributed by atoms with Crippen molar-refractivity contribution in [1.82, 2.24) is 9.88 Å². The first kappa shape index (κ1) is 14.0. The number of nitrogens with zero attached hydrogens (tertiary/aromatic N) is 2. The van der Waals surface area contributed by atoms with Crippen LogP contribution in [0.15, 0.2) is 36.0 Å². The van der Waals surface area contributed by atoms with Crippen LogP contribution in [0.25, 0.3) is 0 Å². The van der Waals surface area contributed by atoms with Gasteiger partial charge < -0.3 is 5.11 Å². The van der Waals surface area contributed by atoms with E-state index in [4.69, 9.17) is 11.6 Å². The first-order valence-electron chi connectivity index (χ1n) is 6.74. The number of hydrogen-bond acceptors (Lipinski definition) is 4. The zero-order valence-corrected chi connectivity index (χ0v) is 12.7. The number of piperidine rings is 1. The summed E-state index contributed by atoms with van der Waals surface area (Å²) in [5.74, 6) is 0. The Labute approximate surface area is 127 Å². The molecule has 1 aromatic heterocycles. The van der Waals surface area contributed by atoms with E-state index < -0.39 is 5.60 Å². The predicted molar refractivity (Wildman–Crippen MR) is 82.0 cm³/mol. The fraction of sp³-hybridized carbons (Fsp3) is 0.400. The summed E-state index contributed by atoms with van der Waals surface area (Å²) < 4.78 is 0. The number of thiazole rings is 1. The van der Waals surface area contributed by atoms with Crippen LogP contribution in [0.4, 0.5) is 0 Å². The summed E-state index contributed by atoms with van der Waals surface area (Å²) in [5, 5.41) is 11.5. The van der Waals surface area contributed by atoms with Crippen LogP contribution in [0, 0.1) is 0 Å². The lowest BCUT2D eigenvalue weighted by Gasteiger charge is -2.38. The summed E-state index contributed by atoms with van der Waals surface area (Å²) in [7, 11) is 0. The van der Waals surface area contributed by atoms with E-state index in [0.717, 1.165) is 38.0 Å². The summed E-state index contributed by atoms with van der Waals surface area (Å²) in [6.07, 6.45) is 3.44. The van der Waals surface area contributed by atoms with Crippen molar-refractivity contribution in [2.45, 2.75) is 25.0 Å². The van der Waals surface area contributed by atoms with Gasteiger partial charge in [0.25, 0.3) is 0 Å². The van der Waals surface area contributed by atoms with E-state index in [-0.39, 0.29) is 0 Å². The summed E-state index contributed by atoms with van der Waals surface area (Å²) >= 11 is 7.59. The Bertz CT molecular complexity index is 548. The second-order valence-corrected chi connectivity index (χ2v) is 6.69. The van der Waals surface area contributed by atoms with Crippen molar-refractivity contribution in [1.29, 1.82) is 0 Å². The molecule has 0 saturated carbocycles. The minimum absolute atomic E-state index is 0.708. The molecule has 20 heavy (non-hydrogen) atoms. The maximum Gasteiger partial charge on any atom is 0.0920 e. The van der Waals surface area contributed by atoms with Crippen molar-refractivity contribution >= 4 is 22.9 Å². The van der Waals surface area contributed by atoms with Crippen molar-refractivity contribution in [3.05, 3.63) is 51.4 Å². The van der Waals surface area contributed by atoms with Crippen LogP contribution in [-0.4, -0.2) is 28.1 Å². The molecule has 1 saturated heterocycles. The van der Waals surface area contributed by atoms with Crippen molar-refractivity contribution in [3.63, 3.8) is 0 Å². The van der Waals surface area contributed by atoms with Gasteiger partial charge >= 0.3 is 0 Å². The number of aromatic nitrogens is 1. The third-order valence-corrected chi connectivity index (χ3v) is 4.94. The zero-order chi connectivity index (χ0) is 14.0. The molecule has 0 bridgehead atoms. The first-order valence-corrected chi connectivity index (χ1v) is 8.00. The van der Waals surface area contributed by atoms with Crippen LogP contribution in [0.1, 0.15) is 23.3 Å². The number of aliphatic hydroxyl groups is 1. The van der Waals surface area contributed by atoms with Gasteiger partial charge in [-0.2, -0.15) is 0 Å². The highest BCUT2D eigenvalue weighted by Gasteiger charge is 2.33. The highest BCUT2D eigenvalue weighted by Crippen LogP contribution is 2.33. The van der Waals surface area contributed by atoms with Crippen molar-refractivity contribution in [2.75, 3.05) is 13.1 Å². The van der Waals surface area contributed by atoms with Crippen LogP contribution in [0.5, 0.6) is 0 Å². The molecule has 0 aliphatic carbocycles. The largest absolute Gasteiger partial charge is 0.385 e. The molecule has 0 amide bonds. The monoisotopic (exact) mass is 308 g/mol. The summed E-state index contributed by atoms with van der Waals surface area (Å²) in [4.78, 5) is 7.75. The van der Waals surface area contributed by atoms with Gasteiger partial charge in [0.1, 0.15) is 0 Å². The highest BCUT2D eigenvalue weighted by atomic mass is 35.5. The molecule has 1 aliphatic heterocycles. The third kappa shape index (κ3) is 3.04. The Hall–Kier alpha value is -0.940. The number of likely N-dealkylation sites (tertiary alicyclic amines) is 1. The summed E-state index contributed by atoms with van der Waals surface area (Å²) in [5.41, 5.74) is 2.12. The van der Waals surface area contributed by atoms with Gasteiger partial charge in [-0.3, -0.25) is 9.88 Å². The Morgan fingerprint density at radius 3 is 2.55 bits per heavy atom. The Kier molecular flexibility index (Phi) is 4.08. The van der Waals surface area contributed by atoms with Crippen molar-refractivity contribution in [2.24, 2.45) is 0 Å². The maximum absolute atomic E-state index is 10.8. The average molecular weight is 309 g/mol.